The second-order valence-corrected chi connectivity index (χ2v) is 6.25. The lowest BCUT2D eigenvalue weighted by Gasteiger charge is -2.33. The summed E-state index contributed by atoms with van der Waals surface area (Å²) in [6.45, 7) is 5.22. The molecule has 0 aliphatic carbocycles. The van der Waals surface area contributed by atoms with Crippen LogP contribution in [0.2, 0.25) is 0 Å². The van der Waals surface area contributed by atoms with E-state index in [1.165, 1.54) is 12.7 Å². The molecular weight excluding hydrogens is 278 g/mol. The molecule has 2 rings (SSSR count). The molecule has 0 bridgehead atoms. The first kappa shape index (κ1) is 17.0. The molecule has 1 saturated heterocycles. The Hall–Kier alpha value is -1.39. The van der Waals surface area contributed by atoms with Crippen LogP contribution in [0.1, 0.15) is 37.7 Å². The van der Waals surface area contributed by atoms with E-state index in [1.807, 2.05) is 6.07 Å². The van der Waals surface area contributed by atoms with Gasteiger partial charge in [0.15, 0.2) is 6.10 Å². The summed E-state index contributed by atoms with van der Waals surface area (Å²) in [5, 5.41) is 9.90. The number of likely N-dealkylation sites (tertiary alicyclic amines) is 1. The summed E-state index contributed by atoms with van der Waals surface area (Å²) in [5.74, 6) is 0.0889. The number of hydrogen-bond acceptors (Lipinski definition) is 4. The van der Waals surface area contributed by atoms with Crippen LogP contribution in [-0.4, -0.2) is 48.8 Å². The van der Waals surface area contributed by atoms with Crippen LogP contribution in [0.5, 0.6) is 0 Å². The highest BCUT2D eigenvalue weighted by Crippen LogP contribution is 2.24. The fourth-order valence-corrected chi connectivity index (χ4v) is 3.13. The summed E-state index contributed by atoms with van der Waals surface area (Å²) in [5.41, 5.74) is 1.39. The van der Waals surface area contributed by atoms with Crippen molar-refractivity contribution in [1.29, 1.82) is 0 Å². The Bertz CT molecular complexity index is 455. The van der Waals surface area contributed by atoms with E-state index in [1.54, 1.807) is 0 Å². The second kappa shape index (κ2) is 8.30. The number of aliphatic hydroxyl groups excluding tert-OH is 1. The van der Waals surface area contributed by atoms with E-state index in [0.717, 1.165) is 38.9 Å². The molecule has 2 atom stereocenters. The molecule has 0 aromatic heterocycles. The molecule has 0 amide bonds. The number of ether oxygens (including phenoxy) is 1. The maximum absolute atomic E-state index is 11.4. The van der Waals surface area contributed by atoms with Gasteiger partial charge < -0.3 is 14.7 Å². The van der Waals surface area contributed by atoms with Gasteiger partial charge in [-0.15, -0.1) is 0 Å². The topological polar surface area (TPSA) is 49.8 Å². The lowest BCUT2D eigenvalue weighted by Crippen LogP contribution is -2.41. The number of nitrogens with zero attached hydrogens (tertiary/aromatic N) is 1. The third-order valence-electron chi connectivity index (χ3n) is 4.77. The van der Waals surface area contributed by atoms with Gasteiger partial charge in [-0.1, -0.05) is 37.3 Å². The van der Waals surface area contributed by atoms with E-state index in [9.17, 15) is 9.90 Å². The van der Waals surface area contributed by atoms with Crippen molar-refractivity contribution in [3.05, 3.63) is 35.9 Å². The van der Waals surface area contributed by atoms with E-state index in [-0.39, 0.29) is 5.92 Å². The van der Waals surface area contributed by atoms with Crippen molar-refractivity contribution in [1.82, 2.24) is 4.90 Å². The molecular formula is C18H27NO3. The summed E-state index contributed by atoms with van der Waals surface area (Å²) in [6, 6.07) is 10.6. The van der Waals surface area contributed by atoms with Gasteiger partial charge in [-0.05, 0) is 56.3 Å². The van der Waals surface area contributed by atoms with Gasteiger partial charge in [0, 0.05) is 0 Å². The van der Waals surface area contributed by atoms with Crippen molar-refractivity contribution < 1.29 is 14.6 Å². The normalized spacial score (nSPS) is 19.6. The molecule has 22 heavy (non-hydrogen) atoms. The van der Waals surface area contributed by atoms with Crippen molar-refractivity contribution in [3.8, 4) is 0 Å². The summed E-state index contributed by atoms with van der Waals surface area (Å²) >= 11 is 0. The van der Waals surface area contributed by atoms with Gasteiger partial charge in [0.2, 0.25) is 0 Å². The first-order valence-corrected chi connectivity index (χ1v) is 8.15. The standard InChI is InChI=1S/C18H27NO3/c1-14(15-6-4-3-5-7-15)8-11-19-12-9-16(10-13-19)17(20)18(21)22-2/h3-7,14,16-17,20H,8-13H2,1-2H3/t14-,17+/m1/s1. The molecule has 1 N–H and O–H groups in total. The zero-order valence-corrected chi connectivity index (χ0v) is 13.6. The molecule has 0 spiro atoms. The monoisotopic (exact) mass is 305 g/mol. The number of hydrogen-bond donors (Lipinski definition) is 1. The summed E-state index contributed by atoms with van der Waals surface area (Å²) in [7, 11) is 1.33. The Kier molecular flexibility index (Phi) is 6.40. The van der Waals surface area contributed by atoms with Crippen LogP contribution in [0, 0.1) is 5.92 Å². The molecule has 1 aliphatic heterocycles. The SMILES string of the molecule is COC(=O)[C@@H](O)C1CCN(CC[C@@H](C)c2ccccc2)CC1. The zero-order chi connectivity index (χ0) is 15.9. The molecule has 0 saturated carbocycles. The maximum Gasteiger partial charge on any atom is 0.334 e. The molecule has 0 unspecified atom stereocenters. The molecule has 122 valence electrons. The fourth-order valence-electron chi connectivity index (χ4n) is 3.13. The maximum atomic E-state index is 11.4. The molecule has 4 nitrogen and oxygen atoms in total. The average Bonchev–Trinajstić information content (AvgIpc) is 2.59. The third-order valence-corrected chi connectivity index (χ3v) is 4.77. The first-order valence-electron chi connectivity index (χ1n) is 8.15. The van der Waals surface area contributed by atoms with Crippen molar-refractivity contribution >= 4 is 5.97 Å². The average molecular weight is 305 g/mol. The molecule has 1 aromatic rings. The smallest absolute Gasteiger partial charge is 0.334 e. The van der Waals surface area contributed by atoms with Gasteiger partial charge in [-0.25, -0.2) is 4.79 Å². The van der Waals surface area contributed by atoms with E-state index < -0.39 is 12.1 Å². The quantitative estimate of drug-likeness (QED) is 0.820. The van der Waals surface area contributed by atoms with E-state index >= 15 is 0 Å². The summed E-state index contributed by atoms with van der Waals surface area (Å²) < 4.78 is 4.62. The predicted molar refractivity (Wildman–Crippen MR) is 86.7 cm³/mol. The number of carbonyl (C=O) groups excluding carboxylic acids is 1. The number of carbonyl (C=O) groups is 1. The van der Waals surface area contributed by atoms with Crippen molar-refractivity contribution in [2.45, 2.75) is 38.2 Å². The molecule has 0 radical (unpaired) electrons. The van der Waals surface area contributed by atoms with Crippen LogP contribution in [0.3, 0.4) is 0 Å². The van der Waals surface area contributed by atoms with Gasteiger partial charge >= 0.3 is 5.97 Å². The van der Waals surface area contributed by atoms with Crippen LogP contribution >= 0.6 is 0 Å². The number of rotatable bonds is 6. The van der Waals surface area contributed by atoms with Gasteiger partial charge in [0.25, 0.3) is 0 Å². The number of methoxy groups -OCH3 is 1. The highest BCUT2D eigenvalue weighted by atomic mass is 16.5. The Labute approximate surface area is 133 Å². The predicted octanol–water partition coefficient (Wildman–Crippen LogP) is 2.43. The van der Waals surface area contributed by atoms with Gasteiger partial charge in [0.1, 0.15) is 0 Å². The number of aliphatic hydroxyl groups is 1. The van der Waals surface area contributed by atoms with E-state index in [0.29, 0.717) is 5.92 Å². The van der Waals surface area contributed by atoms with E-state index in [4.69, 9.17) is 0 Å². The lowest BCUT2D eigenvalue weighted by molar-refractivity contribution is -0.154. The molecule has 1 heterocycles. The molecule has 1 aromatic carbocycles. The Morgan fingerprint density at radius 1 is 1.32 bits per heavy atom. The largest absolute Gasteiger partial charge is 0.467 e. The number of benzene rings is 1. The van der Waals surface area contributed by atoms with Crippen LogP contribution in [0.15, 0.2) is 30.3 Å². The lowest BCUT2D eigenvalue weighted by atomic mass is 9.90. The van der Waals surface area contributed by atoms with E-state index in [2.05, 4.69) is 40.8 Å². The highest BCUT2D eigenvalue weighted by Gasteiger charge is 2.30. The minimum atomic E-state index is -0.963. The molecule has 4 heteroatoms. The van der Waals surface area contributed by atoms with Crippen LogP contribution in [0.25, 0.3) is 0 Å². The second-order valence-electron chi connectivity index (χ2n) is 6.25. The van der Waals surface area contributed by atoms with Gasteiger partial charge in [-0.3, -0.25) is 0 Å². The fraction of sp³-hybridized carbons (Fsp3) is 0.611. The highest BCUT2D eigenvalue weighted by molar-refractivity contribution is 5.74. The minimum absolute atomic E-state index is 0.0373. The minimum Gasteiger partial charge on any atom is -0.467 e. The van der Waals surface area contributed by atoms with Crippen LogP contribution < -0.4 is 0 Å². The molecule has 1 fully saturated rings. The van der Waals surface area contributed by atoms with Gasteiger partial charge in [0.05, 0.1) is 7.11 Å². The Balaban J connectivity index is 1.73. The Morgan fingerprint density at radius 2 is 1.95 bits per heavy atom. The van der Waals surface area contributed by atoms with Crippen molar-refractivity contribution in [3.63, 3.8) is 0 Å². The number of piperidine rings is 1. The van der Waals surface area contributed by atoms with Crippen LogP contribution in [0.4, 0.5) is 0 Å². The van der Waals surface area contributed by atoms with Crippen molar-refractivity contribution in [2.75, 3.05) is 26.7 Å². The summed E-state index contributed by atoms with van der Waals surface area (Å²) in [4.78, 5) is 13.8. The number of esters is 1. The first-order chi connectivity index (χ1) is 10.6. The van der Waals surface area contributed by atoms with Crippen LogP contribution in [-0.2, 0) is 9.53 Å². The molecule has 1 aliphatic rings. The summed E-state index contributed by atoms with van der Waals surface area (Å²) in [6.07, 6.45) is 1.88. The third kappa shape index (κ3) is 4.55. The van der Waals surface area contributed by atoms with Crippen molar-refractivity contribution in [2.24, 2.45) is 5.92 Å². The Morgan fingerprint density at radius 3 is 2.55 bits per heavy atom. The van der Waals surface area contributed by atoms with Gasteiger partial charge in [-0.2, -0.15) is 0 Å². The zero-order valence-electron chi connectivity index (χ0n) is 13.6.